The van der Waals surface area contributed by atoms with Gasteiger partial charge in [0.05, 0.1) is 13.5 Å². The molecule has 0 aromatic carbocycles. The highest BCUT2D eigenvalue weighted by molar-refractivity contribution is 5.88. The summed E-state index contributed by atoms with van der Waals surface area (Å²) >= 11 is 0. The zero-order chi connectivity index (χ0) is 13.5. The van der Waals surface area contributed by atoms with Crippen molar-refractivity contribution in [2.75, 3.05) is 20.2 Å². The molecule has 0 aromatic heterocycles. The first-order valence-electron chi connectivity index (χ1n) is 5.85. The van der Waals surface area contributed by atoms with E-state index in [1.165, 1.54) is 7.11 Å². The van der Waals surface area contributed by atoms with E-state index in [9.17, 15) is 14.4 Å². The number of carboxylic acid groups (broad SMARTS) is 1. The summed E-state index contributed by atoms with van der Waals surface area (Å²) in [4.78, 5) is 33.8. The molecule has 1 aliphatic heterocycles. The van der Waals surface area contributed by atoms with Crippen molar-refractivity contribution >= 4 is 17.8 Å². The summed E-state index contributed by atoms with van der Waals surface area (Å²) in [5.41, 5.74) is 0. The lowest BCUT2D eigenvalue weighted by molar-refractivity contribution is -0.149. The van der Waals surface area contributed by atoms with Crippen molar-refractivity contribution in [3.05, 3.63) is 0 Å². The number of ether oxygens (including phenoxy) is 1. The molecule has 0 aromatic rings. The van der Waals surface area contributed by atoms with Gasteiger partial charge in [0, 0.05) is 5.92 Å². The van der Waals surface area contributed by atoms with E-state index in [4.69, 9.17) is 5.11 Å². The van der Waals surface area contributed by atoms with Crippen LogP contribution >= 0.6 is 0 Å². The lowest BCUT2D eigenvalue weighted by Gasteiger charge is -2.23. The Kier molecular flexibility index (Phi) is 5.57. The standard InChI is InChI=1S/C11H18N2O5/c1-18-9(14)6-8(11(16)17)13-10(15)7-2-4-12-5-3-7/h7-8,12H,2-6H2,1H3,(H,13,15)(H,16,17)/t8-/m0/s1. The average Bonchev–Trinajstić information content (AvgIpc) is 2.38. The number of aliphatic carboxylic acids is 1. The molecule has 0 aliphatic carbocycles. The van der Waals surface area contributed by atoms with E-state index in [2.05, 4.69) is 15.4 Å². The summed E-state index contributed by atoms with van der Waals surface area (Å²) in [6.07, 6.45) is 0.995. The molecule has 7 nitrogen and oxygen atoms in total. The molecule has 7 heteroatoms. The van der Waals surface area contributed by atoms with Gasteiger partial charge in [-0.15, -0.1) is 0 Å². The summed E-state index contributed by atoms with van der Waals surface area (Å²) in [5.74, 6) is -2.39. The Morgan fingerprint density at radius 1 is 1.39 bits per heavy atom. The first-order chi connectivity index (χ1) is 8.54. The molecule has 3 N–H and O–H groups in total. The summed E-state index contributed by atoms with van der Waals surface area (Å²) < 4.78 is 4.39. The van der Waals surface area contributed by atoms with Crippen LogP contribution in [0.1, 0.15) is 19.3 Å². The monoisotopic (exact) mass is 258 g/mol. The number of hydrogen-bond donors (Lipinski definition) is 3. The van der Waals surface area contributed by atoms with Crippen molar-refractivity contribution in [2.45, 2.75) is 25.3 Å². The third-order valence-corrected chi connectivity index (χ3v) is 2.92. The van der Waals surface area contributed by atoms with Crippen molar-refractivity contribution in [3.63, 3.8) is 0 Å². The Labute approximate surface area is 105 Å². The number of methoxy groups -OCH3 is 1. The molecule has 1 rings (SSSR count). The van der Waals surface area contributed by atoms with E-state index in [0.717, 1.165) is 13.1 Å². The summed E-state index contributed by atoms with van der Waals surface area (Å²) in [7, 11) is 1.18. The maximum atomic E-state index is 11.8. The van der Waals surface area contributed by atoms with E-state index >= 15 is 0 Å². The Bertz CT molecular complexity index is 325. The Morgan fingerprint density at radius 3 is 2.50 bits per heavy atom. The van der Waals surface area contributed by atoms with Gasteiger partial charge in [-0.3, -0.25) is 9.59 Å². The van der Waals surface area contributed by atoms with Crippen LogP contribution in [0.2, 0.25) is 0 Å². The van der Waals surface area contributed by atoms with Crippen LogP contribution < -0.4 is 10.6 Å². The molecule has 18 heavy (non-hydrogen) atoms. The van der Waals surface area contributed by atoms with Crippen molar-refractivity contribution in [1.82, 2.24) is 10.6 Å². The zero-order valence-corrected chi connectivity index (χ0v) is 10.3. The van der Waals surface area contributed by atoms with Gasteiger partial charge >= 0.3 is 11.9 Å². The number of carboxylic acids is 1. The van der Waals surface area contributed by atoms with E-state index < -0.39 is 18.0 Å². The second-order valence-electron chi connectivity index (χ2n) is 4.20. The highest BCUT2D eigenvalue weighted by Crippen LogP contribution is 2.12. The normalized spacial score (nSPS) is 17.8. The van der Waals surface area contributed by atoms with Crippen LogP contribution in [0.3, 0.4) is 0 Å². The topological polar surface area (TPSA) is 105 Å². The van der Waals surface area contributed by atoms with Crippen LogP contribution in [0.4, 0.5) is 0 Å². The predicted molar refractivity (Wildman–Crippen MR) is 61.8 cm³/mol. The fourth-order valence-electron chi connectivity index (χ4n) is 1.82. The Morgan fingerprint density at radius 2 is 2.00 bits per heavy atom. The second kappa shape index (κ2) is 6.95. The third kappa shape index (κ3) is 4.33. The molecule has 1 amide bonds. The van der Waals surface area contributed by atoms with Gasteiger partial charge in [-0.2, -0.15) is 0 Å². The lowest BCUT2D eigenvalue weighted by atomic mass is 9.97. The first-order valence-corrected chi connectivity index (χ1v) is 5.85. The van der Waals surface area contributed by atoms with E-state index in [1.54, 1.807) is 0 Å². The van der Waals surface area contributed by atoms with E-state index in [-0.39, 0.29) is 18.2 Å². The van der Waals surface area contributed by atoms with Crippen LogP contribution in [-0.2, 0) is 19.1 Å². The molecular formula is C11H18N2O5. The van der Waals surface area contributed by atoms with Crippen molar-refractivity contribution < 1.29 is 24.2 Å². The van der Waals surface area contributed by atoms with Crippen molar-refractivity contribution in [2.24, 2.45) is 5.92 Å². The zero-order valence-electron chi connectivity index (χ0n) is 10.3. The average molecular weight is 258 g/mol. The first kappa shape index (κ1) is 14.4. The van der Waals surface area contributed by atoms with E-state index in [0.29, 0.717) is 12.8 Å². The smallest absolute Gasteiger partial charge is 0.326 e. The van der Waals surface area contributed by atoms with Crippen molar-refractivity contribution in [1.29, 1.82) is 0 Å². The predicted octanol–water partition coefficient (Wildman–Crippen LogP) is -0.881. The highest BCUT2D eigenvalue weighted by Gasteiger charge is 2.28. The summed E-state index contributed by atoms with van der Waals surface area (Å²) in [6, 6.07) is -1.22. The number of carbonyl (C=O) groups excluding carboxylic acids is 2. The molecule has 0 saturated carbocycles. The molecule has 0 bridgehead atoms. The van der Waals surface area contributed by atoms with Crippen LogP contribution in [0.25, 0.3) is 0 Å². The number of esters is 1. The maximum Gasteiger partial charge on any atom is 0.326 e. The fraction of sp³-hybridized carbons (Fsp3) is 0.727. The van der Waals surface area contributed by atoms with Gasteiger partial charge < -0.3 is 20.5 Å². The Balaban J connectivity index is 2.51. The SMILES string of the molecule is COC(=O)C[C@H](NC(=O)C1CCNCC1)C(=O)O. The number of rotatable bonds is 5. The van der Waals surface area contributed by atoms with Gasteiger partial charge in [0.1, 0.15) is 6.04 Å². The molecule has 0 spiro atoms. The number of carbonyl (C=O) groups is 3. The van der Waals surface area contributed by atoms with Gasteiger partial charge in [-0.1, -0.05) is 0 Å². The molecule has 102 valence electrons. The van der Waals surface area contributed by atoms with Crippen LogP contribution in [-0.4, -0.2) is 49.2 Å². The molecule has 1 fully saturated rings. The van der Waals surface area contributed by atoms with Crippen LogP contribution in [0.15, 0.2) is 0 Å². The van der Waals surface area contributed by atoms with Gasteiger partial charge in [-0.05, 0) is 25.9 Å². The van der Waals surface area contributed by atoms with Gasteiger partial charge in [-0.25, -0.2) is 4.79 Å². The minimum Gasteiger partial charge on any atom is -0.480 e. The summed E-state index contributed by atoms with van der Waals surface area (Å²) in [5, 5.41) is 14.4. The molecule has 0 unspecified atom stereocenters. The minimum atomic E-state index is -1.23. The number of hydrogen-bond acceptors (Lipinski definition) is 5. The molecule has 1 heterocycles. The summed E-state index contributed by atoms with van der Waals surface area (Å²) in [6.45, 7) is 1.49. The van der Waals surface area contributed by atoms with E-state index in [1.807, 2.05) is 0 Å². The maximum absolute atomic E-state index is 11.8. The molecule has 1 saturated heterocycles. The van der Waals surface area contributed by atoms with Gasteiger partial charge in [0.15, 0.2) is 0 Å². The number of piperidine rings is 1. The minimum absolute atomic E-state index is 0.189. The number of amides is 1. The molecule has 0 radical (unpaired) electrons. The largest absolute Gasteiger partial charge is 0.480 e. The number of nitrogens with one attached hydrogen (secondary N) is 2. The van der Waals surface area contributed by atoms with Gasteiger partial charge in [0.25, 0.3) is 0 Å². The third-order valence-electron chi connectivity index (χ3n) is 2.92. The molecular weight excluding hydrogens is 240 g/mol. The van der Waals surface area contributed by atoms with Crippen LogP contribution in [0, 0.1) is 5.92 Å². The molecule has 1 atom stereocenters. The second-order valence-corrected chi connectivity index (χ2v) is 4.20. The quantitative estimate of drug-likeness (QED) is 0.553. The van der Waals surface area contributed by atoms with Crippen molar-refractivity contribution in [3.8, 4) is 0 Å². The Hall–Kier alpha value is -1.63. The highest BCUT2D eigenvalue weighted by atomic mass is 16.5. The molecule has 1 aliphatic rings. The van der Waals surface area contributed by atoms with Gasteiger partial charge in [0.2, 0.25) is 5.91 Å². The fourth-order valence-corrected chi connectivity index (χ4v) is 1.82. The van der Waals surface area contributed by atoms with Crippen LogP contribution in [0.5, 0.6) is 0 Å². The lowest BCUT2D eigenvalue weighted by Crippen LogP contribution is -2.46.